The van der Waals surface area contributed by atoms with Crippen molar-refractivity contribution in [2.45, 2.75) is 39.0 Å². The van der Waals surface area contributed by atoms with E-state index in [-0.39, 0.29) is 0 Å². The van der Waals surface area contributed by atoms with Crippen LogP contribution >= 0.6 is 0 Å². The van der Waals surface area contributed by atoms with E-state index in [0.717, 1.165) is 36.2 Å². The smallest absolute Gasteiger partial charge is 0.312 e. The van der Waals surface area contributed by atoms with Crippen molar-refractivity contribution in [1.29, 1.82) is 0 Å². The summed E-state index contributed by atoms with van der Waals surface area (Å²) in [6, 6.07) is 2.03. The zero-order valence-electron chi connectivity index (χ0n) is 9.08. The Morgan fingerprint density at radius 2 is 2.27 bits per heavy atom. The van der Waals surface area contributed by atoms with E-state index in [1.807, 2.05) is 19.9 Å². The Labute approximate surface area is 89.2 Å². The largest absolute Gasteiger partial charge is 0.481 e. The van der Waals surface area contributed by atoms with E-state index in [1.54, 1.807) is 0 Å². The summed E-state index contributed by atoms with van der Waals surface area (Å²) in [5.74, 6) is -1.14. The fourth-order valence-electron chi connectivity index (χ4n) is 2.37. The van der Waals surface area contributed by atoms with Gasteiger partial charge in [-0.05, 0) is 50.3 Å². The lowest BCUT2D eigenvalue weighted by Crippen LogP contribution is -2.20. The normalized spacial score (nSPS) is 19.7. The van der Waals surface area contributed by atoms with Crippen LogP contribution < -0.4 is 0 Å². The predicted octanol–water partition coefficient (Wildman–Crippen LogP) is 2.20. The molecule has 80 valence electrons. The van der Waals surface area contributed by atoms with Gasteiger partial charge in [-0.3, -0.25) is 9.78 Å². The summed E-state index contributed by atoms with van der Waals surface area (Å²) < 4.78 is 0. The molecule has 1 unspecified atom stereocenters. The Bertz CT molecular complexity index is 412. The number of carboxylic acid groups (broad SMARTS) is 1. The predicted molar refractivity (Wildman–Crippen MR) is 57.0 cm³/mol. The van der Waals surface area contributed by atoms with Crippen LogP contribution in [0.4, 0.5) is 0 Å². The number of pyridine rings is 1. The van der Waals surface area contributed by atoms with Gasteiger partial charge in [0.2, 0.25) is 0 Å². The summed E-state index contributed by atoms with van der Waals surface area (Å²) in [5, 5.41) is 9.13. The molecule has 15 heavy (non-hydrogen) atoms. The Kier molecular flexibility index (Phi) is 2.47. The maximum absolute atomic E-state index is 11.1. The van der Waals surface area contributed by atoms with Crippen molar-refractivity contribution in [2.75, 3.05) is 0 Å². The minimum absolute atomic E-state index is 0.396. The second kappa shape index (κ2) is 3.65. The molecule has 1 aliphatic rings. The van der Waals surface area contributed by atoms with E-state index < -0.39 is 11.9 Å². The molecule has 0 fully saturated rings. The number of carboxylic acids is 1. The van der Waals surface area contributed by atoms with Gasteiger partial charge in [0.25, 0.3) is 0 Å². The topological polar surface area (TPSA) is 50.2 Å². The third-order valence-electron chi connectivity index (χ3n) is 3.06. The lowest BCUT2D eigenvalue weighted by atomic mass is 9.84. The highest BCUT2D eigenvalue weighted by molar-refractivity contribution is 5.76. The molecule has 0 radical (unpaired) electrons. The monoisotopic (exact) mass is 205 g/mol. The minimum atomic E-state index is -0.742. The molecule has 0 saturated heterocycles. The third kappa shape index (κ3) is 1.74. The average molecular weight is 205 g/mol. The van der Waals surface area contributed by atoms with Crippen molar-refractivity contribution in [1.82, 2.24) is 4.98 Å². The zero-order chi connectivity index (χ0) is 11.0. The summed E-state index contributed by atoms with van der Waals surface area (Å²) >= 11 is 0. The lowest BCUT2D eigenvalue weighted by molar-refractivity contribution is -0.139. The molecule has 1 aromatic heterocycles. The molecular weight excluding hydrogens is 190 g/mol. The molecule has 2 rings (SSSR count). The molecular formula is C12H15NO2. The molecule has 1 N–H and O–H groups in total. The Morgan fingerprint density at radius 3 is 2.93 bits per heavy atom. The van der Waals surface area contributed by atoms with Crippen LogP contribution in [0.5, 0.6) is 0 Å². The number of hydrogen-bond acceptors (Lipinski definition) is 2. The number of rotatable bonds is 1. The first-order chi connectivity index (χ1) is 7.09. The van der Waals surface area contributed by atoms with Gasteiger partial charge in [0, 0.05) is 5.69 Å². The molecule has 3 nitrogen and oxygen atoms in total. The first kappa shape index (κ1) is 10.1. The van der Waals surface area contributed by atoms with E-state index in [0.29, 0.717) is 0 Å². The molecule has 0 aromatic carbocycles. The first-order valence-electron chi connectivity index (χ1n) is 5.29. The highest BCUT2D eigenvalue weighted by Crippen LogP contribution is 2.32. The van der Waals surface area contributed by atoms with Gasteiger partial charge in [0.1, 0.15) is 0 Å². The van der Waals surface area contributed by atoms with Crippen LogP contribution in [-0.4, -0.2) is 16.1 Å². The van der Waals surface area contributed by atoms with Crippen molar-refractivity contribution >= 4 is 5.97 Å². The van der Waals surface area contributed by atoms with Gasteiger partial charge >= 0.3 is 5.97 Å². The summed E-state index contributed by atoms with van der Waals surface area (Å²) in [6.07, 6.45) is 2.64. The van der Waals surface area contributed by atoms with Crippen molar-refractivity contribution in [3.05, 3.63) is 28.6 Å². The van der Waals surface area contributed by atoms with Gasteiger partial charge in [-0.2, -0.15) is 0 Å². The Morgan fingerprint density at radius 1 is 1.53 bits per heavy atom. The van der Waals surface area contributed by atoms with Crippen molar-refractivity contribution in [2.24, 2.45) is 0 Å². The second-order valence-electron chi connectivity index (χ2n) is 4.23. The molecule has 0 saturated carbocycles. The molecule has 0 aliphatic heterocycles. The molecule has 1 aliphatic carbocycles. The van der Waals surface area contributed by atoms with Gasteiger partial charge in [0.15, 0.2) is 0 Å². The minimum Gasteiger partial charge on any atom is -0.481 e. The van der Waals surface area contributed by atoms with Crippen molar-refractivity contribution in [3.63, 3.8) is 0 Å². The first-order valence-corrected chi connectivity index (χ1v) is 5.29. The van der Waals surface area contributed by atoms with Crippen LogP contribution in [0, 0.1) is 13.8 Å². The summed E-state index contributed by atoms with van der Waals surface area (Å²) in [7, 11) is 0. The Balaban J connectivity index is 2.55. The van der Waals surface area contributed by atoms with E-state index in [2.05, 4.69) is 4.98 Å². The number of carbonyl (C=O) groups is 1. The van der Waals surface area contributed by atoms with E-state index >= 15 is 0 Å². The van der Waals surface area contributed by atoms with E-state index in [1.165, 1.54) is 5.56 Å². The van der Waals surface area contributed by atoms with Gasteiger partial charge in [-0.15, -0.1) is 0 Å². The van der Waals surface area contributed by atoms with Gasteiger partial charge in [-0.1, -0.05) is 0 Å². The maximum atomic E-state index is 11.1. The quantitative estimate of drug-likeness (QED) is 0.764. The summed E-state index contributed by atoms with van der Waals surface area (Å²) in [5.41, 5.74) is 4.05. The zero-order valence-corrected chi connectivity index (χ0v) is 9.08. The van der Waals surface area contributed by atoms with Gasteiger partial charge < -0.3 is 5.11 Å². The van der Waals surface area contributed by atoms with E-state index in [9.17, 15) is 4.79 Å². The molecule has 1 aromatic rings. The fraction of sp³-hybridized carbons (Fsp3) is 0.500. The third-order valence-corrected chi connectivity index (χ3v) is 3.06. The van der Waals surface area contributed by atoms with E-state index in [4.69, 9.17) is 5.11 Å². The molecule has 1 atom stereocenters. The summed E-state index contributed by atoms with van der Waals surface area (Å²) in [6.45, 7) is 3.96. The molecule has 0 spiro atoms. The van der Waals surface area contributed by atoms with Crippen LogP contribution in [0.1, 0.15) is 41.3 Å². The average Bonchev–Trinajstić information content (AvgIpc) is 2.16. The molecule has 3 heteroatoms. The SMILES string of the molecule is Cc1cc(C)c2c(n1)C(C(=O)O)CCC2. The molecule has 1 heterocycles. The van der Waals surface area contributed by atoms with Crippen LogP contribution in [0.3, 0.4) is 0 Å². The number of aliphatic carboxylic acids is 1. The van der Waals surface area contributed by atoms with Gasteiger partial charge in [-0.25, -0.2) is 0 Å². The number of fused-ring (bicyclic) bond motifs is 1. The highest BCUT2D eigenvalue weighted by Gasteiger charge is 2.28. The Hall–Kier alpha value is -1.38. The fourth-order valence-corrected chi connectivity index (χ4v) is 2.37. The van der Waals surface area contributed by atoms with Crippen LogP contribution in [-0.2, 0) is 11.2 Å². The summed E-state index contributed by atoms with van der Waals surface area (Å²) in [4.78, 5) is 15.5. The van der Waals surface area contributed by atoms with Gasteiger partial charge in [0.05, 0.1) is 11.6 Å². The van der Waals surface area contributed by atoms with Crippen molar-refractivity contribution in [3.8, 4) is 0 Å². The number of nitrogens with zero attached hydrogens (tertiary/aromatic N) is 1. The van der Waals surface area contributed by atoms with Crippen LogP contribution in [0.25, 0.3) is 0 Å². The molecule has 0 amide bonds. The number of hydrogen-bond donors (Lipinski definition) is 1. The number of aromatic nitrogens is 1. The van der Waals surface area contributed by atoms with Crippen LogP contribution in [0.2, 0.25) is 0 Å². The lowest BCUT2D eigenvalue weighted by Gasteiger charge is -2.23. The van der Waals surface area contributed by atoms with Crippen molar-refractivity contribution < 1.29 is 9.90 Å². The standard InChI is InChI=1S/C12H15NO2/c1-7-6-8(2)13-11-9(7)4-3-5-10(11)12(14)15/h6,10H,3-5H2,1-2H3,(H,14,15). The highest BCUT2D eigenvalue weighted by atomic mass is 16.4. The second-order valence-corrected chi connectivity index (χ2v) is 4.23. The maximum Gasteiger partial charge on any atom is 0.312 e. The number of aryl methyl sites for hydroxylation is 2. The molecule has 0 bridgehead atoms. The van der Waals surface area contributed by atoms with Crippen LogP contribution in [0.15, 0.2) is 6.07 Å².